The molecule has 0 aromatic carbocycles. The number of rotatable bonds is 7. The summed E-state index contributed by atoms with van der Waals surface area (Å²) in [6.07, 6.45) is 0. The largest absolute Gasteiger partial charge is 0.480 e. The highest BCUT2D eigenvalue weighted by Crippen LogP contribution is 2.16. The van der Waals surface area contributed by atoms with Crippen LogP contribution in [0.5, 0.6) is 0 Å². The van der Waals surface area contributed by atoms with Crippen LogP contribution in [0.15, 0.2) is 0 Å². The molecule has 0 amide bonds. The smallest absolute Gasteiger partial charge is 0.317 e. The van der Waals surface area contributed by atoms with Crippen molar-refractivity contribution in [2.75, 3.05) is 25.4 Å². The first-order valence-corrected chi connectivity index (χ1v) is 7.77. The topological polar surface area (TPSA) is 74.7 Å². The third-order valence-electron chi connectivity index (χ3n) is 2.59. The van der Waals surface area contributed by atoms with Crippen molar-refractivity contribution >= 4 is 15.8 Å². The molecule has 0 radical (unpaired) electrons. The van der Waals surface area contributed by atoms with Crippen molar-refractivity contribution in [2.45, 2.75) is 39.4 Å². The number of carboxylic acids is 1. The van der Waals surface area contributed by atoms with Crippen LogP contribution in [0, 0.1) is 5.92 Å². The predicted octanol–water partition coefficient (Wildman–Crippen LogP) is 1.24. The minimum absolute atomic E-state index is 0.00347. The van der Waals surface area contributed by atoms with Crippen LogP contribution in [0.1, 0.15) is 34.6 Å². The molecule has 0 rings (SSSR count). The fourth-order valence-electron chi connectivity index (χ4n) is 1.50. The highest BCUT2D eigenvalue weighted by Gasteiger charge is 2.29. The zero-order valence-corrected chi connectivity index (χ0v) is 12.7. The second-order valence-corrected chi connectivity index (χ2v) is 8.82. The van der Waals surface area contributed by atoms with E-state index in [1.165, 1.54) is 0 Å². The maximum atomic E-state index is 12.0. The molecule has 0 saturated carbocycles. The maximum Gasteiger partial charge on any atom is 0.317 e. The molecule has 0 spiro atoms. The van der Waals surface area contributed by atoms with Gasteiger partial charge in [0.05, 0.1) is 17.0 Å². The SMILES string of the molecule is CC(C)CN(CCS(=O)(=O)C(C)(C)C)CC(=O)O. The molecule has 0 aliphatic heterocycles. The van der Waals surface area contributed by atoms with Crippen LogP contribution in [-0.4, -0.2) is 54.5 Å². The Morgan fingerprint density at radius 1 is 1.28 bits per heavy atom. The van der Waals surface area contributed by atoms with Crippen LogP contribution in [0.3, 0.4) is 0 Å². The number of hydrogen-bond donors (Lipinski definition) is 1. The Bertz CT molecular complexity index is 368. The van der Waals surface area contributed by atoms with E-state index in [1.807, 2.05) is 13.8 Å². The van der Waals surface area contributed by atoms with Gasteiger partial charge in [0.25, 0.3) is 0 Å². The van der Waals surface area contributed by atoms with E-state index in [-0.39, 0.29) is 18.8 Å². The quantitative estimate of drug-likeness (QED) is 0.759. The third-order valence-corrected chi connectivity index (χ3v) is 5.18. The van der Waals surface area contributed by atoms with Crippen molar-refractivity contribution in [3.05, 3.63) is 0 Å². The minimum atomic E-state index is -3.20. The second-order valence-electron chi connectivity index (χ2n) is 5.95. The van der Waals surface area contributed by atoms with Gasteiger partial charge in [-0.05, 0) is 26.7 Å². The van der Waals surface area contributed by atoms with Crippen molar-refractivity contribution in [3.63, 3.8) is 0 Å². The summed E-state index contributed by atoms with van der Waals surface area (Å²) in [5, 5.41) is 8.79. The van der Waals surface area contributed by atoms with Gasteiger partial charge in [-0.3, -0.25) is 9.69 Å². The molecule has 0 aromatic rings. The van der Waals surface area contributed by atoms with Gasteiger partial charge in [0.1, 0.15) is 0 Å². The summed E-state index contributed by atoms with van der Waals surface area (Å²) >= 11 is 0. The molecule has 0 heterocycles. The number of aliphatic carboxylic acids is 1. The van der Waals surface area contributed by atoms with Gasteiger partial charge < -0.3 is 5.11 Å². The molecule has 5 nitrogen and oxygen atoms in total. The Morgan fingerprint density at radius 3 is 2.11 bits per heavy atom. The van der Waals surface area contributed by atoms with E-state index in [4.69, 9.17) is 5.11 Å². The van der Waals surface area contributed by atoms with Gasteiger partial charge in [0.2, 0.25) is 0 Å². The van der Waals surface area contributed by atoms with Crippen molar-refractivity contribution < 1.29 is 18.3 Å². The third kappa shape index (κ3) is 6.35. The fraction of sp³-hybridized carbons (Fsp3) is 0.917. The van der Waals surface area contributed by atoms with Gasteiger partial charge in [0, 0.05) is 13.1 Å². The Hall–Kier alpha value is -0.620. The van der Waals surface area contributed by atoms with E-state index in [0.717, 1.165) is 0 Å². The second kappa shape index (κ2) is 6.52. The first-order valence-electron chi connectivity index (χ1n) is 6.12. The lowest BCUT2D eigenvalue weighted by molar-refractivity contribution is -0.138. The summed E-state index contributed by atoms with van der Waals surface area (Å²) in [5.74, 6) is -0.623. The number of carbonyl (C=O) groups is 1. The monoisotopic (exact) mass is 279 g/mol. The first kappa shape index (κ1) is 17.4. The van der Waals surface area contributed by atoms with Gasteiger partial charge in [-0.25, -0.2) is 8.42 Å². The molecule has 0 atom stereocenters. The highest BCUT2D eigenvalue weighted by atomic mass is 32.2. The molecule has 18 heavy (non-hydrogen) atoms. The molecule has 0 unspecified atom stereocenters. The number of hydrogen-bond acceptors (Lipinski definition) is 4. The van der Waals surface area contributed by atoms with Gasteiger partial charge in [-0.15, -0.1) is 0 Å². The van der Waals surface area contributed by atoms with Crippen molar-refractivity contribution in [2.24, 2.45) is 5.92 Å². The van der Waals surface area contributed by atoms with E-state index in [2.05, 4.69) is 0 Å². The average Bonchev–Trinajstić information content (AvgIpc) is 2.10. The predicted molar refractivity (Wildman–Crippen MR) is 72.5 cm³/mol. The number of carboxylic acid groups (broad SMARTS) is 1. The van der Waals surface area contributed by atoms with Crippen LogP contribution in [0.25, 0.3) is 0 Å². The molecule has 0 bridgehead atoms. The van der Waals surface area contributed by atoms with Crippen LogP contribution in [0.4, 0.5) is 0 Å². The fourth-order valence-corrected chi connectivity index (χ4v) is 2.61. The van der Waals surface area contributed by atoms with Crippen LogP contribution >= 0.6 is 0 Å². The van der Waals surface area contributed by atoms with Crippen LogP contribution < -0.4 is 0 Å². The molecule has 0 fully saturated rings. The standard InChI is InChI=1S/C12H25NO4S/c1-10(2)8-13(9-11(14)15)6-7-18(16,17)12(3,4)5/h10H,6-9H2,1-5H3,(H,14,15). The van der Waals surface area contributed by atoms with Gasteiger partial charge in [0.15, 0.2) is 9.84 Å². The van der Waals surface area contributed by atoms with E-state index < -0.39 is 20.6 Å². The van der Waals surface area contributed by atoms with E-state index in [9.17, 15) is 13.2 Å². The Balaban J connectivity index is 4.57. The zero-order valence-electron chi connectivity index (χ0n) is 11.9. The summed E-state index contributed by atoms with van der Waals surface area (Å²) in [6, 6.07) is 0. The maximum absolute atomic E-state index is 12.0. The molecule has 0 aliphatic rings. The lowest BCUT2D eigenvalue weighted by atomic mass is 10.2. The normalized spacial score (nSPS) is 13.3. The summed E-state index contributed by atoms with van der Waals surface area (Å²) < 4.78 is 23.1. The molecule has 0 aliphatic carbocycles. The average molecular weight is 279 g/mol. The molecule has 0 aromatic heterocycles. The Morgan fingerprint density at radius 2 is 1.78 bits per heavy atom. The van der Waals surface area contributed by atoms with Gasteiger partial charge in [-0.1, -0.05) is 13.8 Å². The van der Waals surface area contributed by atoms with Crippen LogP contribution in [-0.2, 0) is 14.6 Å². The van der Waals surface area contributed by atoms with E-state index >= 15 is 0 Å². The zero-order chi connectivity index (χ0) is 14.6. The molecular formula is C12H25NO4S. The Labute approximate surface area is 110 Å². The van der Waals surface area contributed by atoms with Gasteiger partial charge >= 0.3 is 5.97 Å². The van der Waals surface area contributed by atoms with E-state index in [1.54, 1.807) is 25.7 Å². The minimum Gasteiger partial charge on any atom is -0.480 e. The van der Waals surface area contributed by atoms with Gasteiger partial charge in [-0.2, -0.15) is 0 Å². The Kier molecular flexibility index (Phi) is 6.29. The number of nitrogens with zero attached hydrogens (tertiary/aromatic N) is 1. The molecular weight excluding hydrogens is 254 g/mol. The molecule has 6 heteroatoms. The lowest BCUT2D eigenvalue weighted by Gasteiger charge is -2.25. The summed E-state index contributed by atoms with van der Waals surface area (Å²) in [4.78, 5) is 12.4. The number of sulfone groups is 1. The lowest BCUT2D eigenvalue weighted by Crippen LogP contribution is -2.40. The molecule has 1 N–H and O–H groups in total. The summed E-state index contributed by atoms with van der Waals surface area (Å²) in [6.45, 7) is 9.68. The molecule has 108 valence electrons. The van der Waals surface area contributed by atoms with Crippen LogP contribution in [0.2, 0.25) is 0 Å². The molecule has 0 saturated heterocycles. The highest BCUT2D eigenvalue weighted by molar-refractivity contribution is 7.92. The van der Waals surface area contributed by atoms with Crippen molar-refractivity contribution in [3.8, 4) is 0 Å². The van der Waals surface area contributed by atoms with Crippen molar-refractivity contribution in [1.82, 2.24) is 4.90 Å². The van der Waals surface area contributed by atoms with E-state index in [0.29, 0.717) is 12.5 Å². The summed E-state index contributed by atoms with van der Waals surface area (Å²) in [7, 11) is -3.20. The summed E-state index contributed by atoms with van der Waals surface area (Å²) in [5.41, 5.74) is 0. The first-order chi connectivity index (χ1) is 7.95. The van der Waals surface area contributed by atoms with Crippen molar-refractivity contribution in [1.29, 1.82) is 0 Å².